The minimum atomic E-state index is -0.138. The Morgan fingerprint density at radius 3 is 2.56 bits per heavy atom. The molecule has 0 spiro atoms. The second kappa shape index (κ2) is 8.80. The van der Waals surface area contributed by atoms with E-state index in [1.165, 1.54) is 24.8 Å². The second-order valence-corrected chi connectivity index (χ2v) is 10.6. The maximum absolute atomic E-state index is 12.6. The predicted molar refractivity (Wildman–Crippen MR) is 132 cm³/mol. The van der Waals surface area contributed by atoms with Crippen molar-refractivity contribution >= 4 is 11.7 Å². The van der Waals surface area contributed by atoms with Gasteiger partial charge in [0.25, 0.3) is 0 Å². The lowest BCUT2D eigenvalue weighted by Crippen LogP contribution is -2.53. The molecule has 0 bridgehead atoms. The summed E-state index contributed by atoms with van der Waals surface area (Å²) in [6.45, 7) is 10.1. The maximum Gasteiger partial charge on any atom is 0.319 e. The number of hydrogen-bond donors (Lipinski definition) is 2. The molecule has 4 nitrogen and oxygen atoms in total. The summed E-state index contributed by atoms with van der Waals surface area (Å²) < 4.78 is 5.19. The lowest BCUT2D eigenvalue weighted by atomic mass is 9.49. The Bertz CT molecular complexity index is 968. The van der Waals surface area contributed by atoms with E-state index in [2.05, 4.69) is 56.5 Å². The summed E-state index contributed by atoms with van der Waals surface area (Å²) in [6.07, 6.45) is 5.94. The number of rotatable bonds is 5. The van der Waals surface area contributed by atoms with Crippen LogP contribution in [0.5, 0.6) is 5.75 Å². The molecule has 2 amide bonds. The number of benzene rings is 2. The van der Waals surface area contributed by atoms with Crippen LogP contribution in [0.15, 0.2) is 42.5 Å². The molecular formula is C28H38N2O2. The van der Waals surface area contributed by atoms with Crippen LogP contribution in [0.4, 0.5) is 10.5 Å². The molecule has 2 aliphatic carbocycles. The Balaban J connectivity index is 1.47. The molecular weight excluding hydrogens is 396 g/mol. The van der Waals surface area contributed by atoms with Crippen molar-refractivity contribution in [2.45, 2.75) is 71.1 Å². The van der Waals surface area contributed by atoms with E-state index >= 15 is 0 Å². The minimum absolute atomic E-state index is 0.0959. The molecule has 2 N–H and O–H groups in total. The van der Waals surface area contributed by atoms with Crippen molar-refractivity contribution in [2.24, 2.45) is 11.3 Å². The average Bonchev–Trinajstić information content (AvgIpc) is 2.78. The van der Waals surface area contributed by atoms with Crippen molar-refractivity contribution < 1.29 is 9.53 Å². The van der Waals surface area contributed by atoms with E-state index < -0.39 is 0 Å². The Labute approximate surface area is 193 Å². The van der Waals surface area contributed by atoms with Crippen LogP contribution >= 0.6 is 0 Å². The van der Waals surface area contributed by atoms with Gasteiger partial charge in [-0.2, -0.15) is 0 Å². The number of aryl methyl sites for hydroxylation is 1. The molecule has 0 heterocycles. The average molecular weight is 435 g/mol. The first-order chi connectivity index (χ1) is 15.2. The van der Waals surface area contributed by atoms with Gasteiger partial charge in [-0.1, -0.05) is 52.3 Å². The number of fused-ring (bicyclic) bond motifs is 3. The van der Waals surface area contributed by atoms with Gasteiger partial charge in [0.05, 0.1) is 7.11 Å². The van der Waals surface area contributed by atoms with Crippen LogP contribution in [0.3, 0.4) is 0 Å². The Hall–Kier alpha value is -2.49. The summed E-state index contributed by atoms with van der Waals surface area (Å²) in [5.41, 5.74) is 5.59. The number of urea groups is 1. The summed E-state index contributed by atoms with van der Waals surface area (Å²) >= 11 is 0. The molecule has 2 aromatic rings. The van der Waals surface area contributed by atoms with Gasteiger partial charge in [-0.05, 0) is 89.3 Å². The van der Waals surface area contributed by atoms with Crippen molar-refractivity contribution in [3.63, 3.8) is 0 Å². The zero-order valence-corrected chi connectivity index (χ0v) is 20.3. The lowest BCUT2D eigenvalue weighted by molar-refractivity contribution is 0.0281. The van der Waals surface area contributed by atoms with Gasteiger partial charge in [-0.3, -0.25) is 0 Å². The first-order valence-corrected chi connectivity index (χ1v) is 12.1. The molecule has 32 heavy (non-hydrogen) atoms. The van der Waals surface area contributed by atoms with E-state index in [1.54, 1.807) is 18.2 Å². The highest BCUT2D eigenvalue weighted by atomic mass is 16.5. The molecule has 0 radical (unpaired) electrons. The summed E-state index contributed by atoms with van der Waals surface area (Å²) in [5, 5.41) is 6.15. The molecule has 1 fully saturated rings. The molecule has 4 rings (SSSR count). The maximum atomic E-state index is 12.6. The van der Waals surface area contributed by atoms with E-state index in [9.17, 15) is 4.79 Å². The second-order valence-electron chi connectivity index (χ2n) is 10.6. The molecule has 0 unspecified atom stereocenters. The number of methoxy groups -OCH3 is 1. The fourth-order valence-corrected chi connectivity index (χ4v) is 6.35. The summed E-state index contributed by atoms with van der Waals surface area (Å²) in [4.78, 5) is 12.6. The van der Waals surface area contributed by atoms with Crippen molar-refractivity contribution in [3.05, 3.63) is 59.2 Å². The molecule has 172 valence electrons. The van der Waals surface area contributed by atoms with E-state index in [0.29, 0.717) is 18.4 Å². The SMILES string of the molecule is COc1ccc(NC(=O)NC[C@]2(C)CCC[C@]3(C)c4ccc(C(C)C)cc4CC[C@H]23)cc1. The number of ether oxygens (including phenoxy) is 1. The van der Waals surface area contributed by atoms with Crippen molar-refractivity contribution in [3.8, 4) is 5.75 Å². The van der Waals surface area contributed by atoms with Crippen LogP contribution < -0.4 is 15.4 Å². The van der Waals surface area contributed by atoms with Gasteiger partial charge in [0, 0.05) is 12.2 Å². The van der Waals surface area contributed by atoms with Gasteiger partial charge in [-0.15, -0.1) is 0 Å². The molecule has 2 aromatic carbocycles. The van der Waals surface area contributed by atoms with Crippen LogP contribution in [0.25, 0.3) is 0 Å². The number of hydrogen-bond acceptors (Lipinski definition) is 2. The van der Waals surface area contributed by atoms with Gasteiger partial charge in [0.2, 0.25) is 0 Å². The quantitative estimate of drug-likeness (QED) is 0.553. The smallest absolute Gasteiger partial charge is 0.319 e. The molecule has 4 heteroatoms. The normalized spacial score (nSPS) is 26.8. The third kappa shape index (κ3) is 4.24. The zero-order chi connectivity index (χ0) is 22.9. The van der Waals surface area contributed by atoms with Crippen LogP contribution in [0.1, 0.15) is 76.0 Å². The van der Waals surface area contributed by atoms with Crippen molar-refractivity contribution in [1.82, 2.24) is 5.32 Å². The monoisotopic (exact) mass is 434 g/mol. The topological polar surface area (TPSA) is 50.4 Å². The highest BCUT2D eigenvalue weighted by Crippen LogP contribution is 2.57. The fraction of sp³-hybridized carbons (Fsp3) is 0.536. The number of amides is 2. The first kappa shape index (κ1) is 22.7. The van der Waals surface area contributed by atoms with E-state index in [-0.39, 0.29) is 16.9 Å². The highest BCUT2D eigenvalue weighted by Gasteiger charge is 2.51. The zero-order valence-electron chi connectivity index (χ0n) is 20.3. The molecule has 0 aliphatic heterocycles. The summed E-state index contributed by atoms with van der Waals surface area (Å²) in [5.74, 6) is 1.92. The number of carbonyl (C=O) groups excluding carboxylic acids is 1. The van der Waals surface area contributed by atoms with E-state index in [1.807, 2.05) is 24.3 Å². The Kier molecular flexibility index (Phi) is 6.24. The molecule has 0 saturated heterocycles. The third-order valence-electron chi connectivity index (χ3n) is 8.17. The summed E-state index contributed by atoms with van der Waals surface area (Å²) in [7, 11) is 1.64. The van der Waals surface area contributed by atoms with Crippen LogP contribution in [-0.2, 0) is 11.8 Å². The molecule has 3 atom stereocenters. The van der Waals surface area contributed by atoms with E-state index in [4.69, 9.17) is 4.74 Å². The van der Waals surface area contributed by atoms with Crippen LogP contribution in [0, 0.1) is 11.3 Å². The Morgan fingerprint density at radius 1 is 1.12 bits per heavy atom. The van der Waals surface area contributed by atoms with Crippen molar-refractivity contribution in [1.29, 1.82) is 0 Å². The molecule has 0 aromatic heterocycles. The van der Waals surface area contributed by atoms with Gasteiger partial charge >= 0.3 is 6.03 Å². The van der Waals surface area contributed by atoms with Crippen LogP contribution in [0.2, 0.25) is 0 Å². The minimum Gasteiger partial charge on any atom is -0.497 e. The lowest BCUT2D eigenvalue weighted by Gasteiger charge is -2.55. The predicted octanol–water partition coefficient (Wildman–Crippen LogP) is 6.65. The van der Waals surface area contributed by atoms with Crippen LogP contribution in [-0.4, -0.2) is 19.7 Å². The van der Waals surface area contributed by atoms with E-state index in [0.717, 1.165) is 24.3 Å². The molecule has 1 saturated carbocycles. The van der Waals surface area contributed by atoms with Gasteiger partial charge in [0.1, 0.15) is 5.75 Å². The van der Waals surface area contributed by atoms with Crippen molar-refractivity contribution in [2.75, 3.05) is 19.0 Å². The number of anilines is 1. The van der Waals surface area contributed by atoms with Gasteiger partial charge in [-0.25, -0.2) is 4.79 Å². The fourth-order valence-electron chi connectivity index (χ4n) is 6.35. The standard InChI is InChI=1S/C28H38N2O2/c1-19(2)20-7-13-24-21(17-20)8-14-25-27(3,15-6-16-28(24,25)4)18-29-26(31)30-22-9-11-23(32-5)12-10-22/h7,9-13,17,19,25H,6,8,14-16,18H2,1-5H3,(H2,29,30,31)/t25-,27+,28-/m1/s1. The molecule has 2 aliphatic rings. The number of nitrogens with one attached hydrogen (secondary N) is 2. The third-order valence-corrected chi connectivity index (χ3v) is 8.17. The Morgan fingerprint density at radius 2 is 1.88 bits per heavy atom. The van der Waals surface area contributed by atoms with Gasteiger partial charge < -0.3 is 15.4 Å². The largest absolute Gasteiger partial charge is 0.497 e. The highest BCUT2D eigenvalue weighted by molar-refractivity contribution is 5.89. The first-order valence-electron chi connectivity index (χ1n) is 12.1. The van der Waals surface area contributed by atoms with Gasteiger partial charge in [0.15, 0.2) is 0 Å². The summed E-state index contributed by atoms with van der Waals surface area (Å²) in [6, 6.07) is 14.5. The number of carbonyl (C=O) groups is 1.